The van der Waals surface area contributed by atoms with Crippen LogP contribution < -0.4 is 5.32 Å². The molecule has 0 bridgehead atoms. The van der Waals surface area contributed by atoms with Crippen LogP contribution in [0.4, 0.5) is 0 Å². The quantitative estimate of drug-likeness (QED) is 0.281. The highest BCUT2D eigenvalue weighted by Gasteiger charge is 2.05. The highest BCUT2D eigenvalue weighted by Crippen LogP contribution is 1.97. The molecule has 0 saturated heterocycles. The Hall–Kier alpha value is -0.350. The second kappa shape index (κ2) is 2.98. The first-order valence-electron chi connectivity index (χ1n) is 2.76. The standard InChI is InChI=1S/C5H9NO2S/c1-4(7)8-5-6-2-3-9-5/h6,9H,2-3H2,1H3. The van der Waals surface area contributed by atoms with E-state index in [1.54, 1.807) is 0 Å². The molecule has 0 aliphatic carbocycles. The number of hydrogen-bond acceptors (Lipinski definition) is 3. The maximum atomic E-state index is 10.3. The lowest BCUT2D eigenvalue weighted by Gasteiger charge is -1.98. The van der Waals surface area contributed by atoms with E-state index in [0.717, 1.165) is 23.6 Å². The van der Waals surface area contributed by atoms with Gasteiger partial charge in [0.1, 0.15) is 0 Å². The molecule has 1 N–H and O–H groups in total. The molecule has 0 unspecified atom stereocenters. The van der Waals surface area contributed by atoms with Crippen molar-refractivity contribution in [1.29, 1.82) is 0 Å². The number of esters is 1. The molecule has 0 fully saturated rings. The molecule has 1 rings (SSSR count). The predicted octanol–water partition coefficient (Wildman–Crippen LogP) is -0.294. The summed E-state index contributed by atoms with van der Waals surface area (Å²) >= 11 is 1.09. The second-order valence-electron chi connectivity index (χ2n) is 1.71. The summed E-state index contributed by atoms with van der Waals surface area (Å²) in [4.78, 5) is 10.3. The maximum absolute atomic E-state index is 10.3. The van der Waals surface area contributed by atoms with Crippen LogP contribution in [0.25, 0.3) is 0 Å². The predicted molar refractivity (Wildman–Crippen MR) is 38.6 cm³/mol. The number of nitrogens with one attached hydrogen (secondary N) is 1. The van der Waals surface area contributed by atoms with Gasteiger partial charge in [-0.1, -0.05) is 0 Å². The topological polar surface area (TPSA) is 38.3 Å². The second-order valence-corrected chi connectivity index (χ2v) is 2.88. The summed E-state index contributed by atoms with van der Waals surface area (Å²) < 4.78 is 4.77. The molecule has 0 aromatic heterocycles. The molecular weight excluding hydrogens is 138 g/mol. The summed E-state index contributed by atoms with van der Waals surface area (Å²) in [5.74, 6) is 0.801. The van der Waals surface area contributed by atoms with E-state index in [0.29, 0.717) is 5.17 Å². The molecule has 0 atom stereocenters. The van der Waals surface area contributed by atoms with Crippen molar-refractivity contribution in [3.05, 3.63) is 0 Å². The monoisotopic (exact) mass is 147 g/mol. The van der Waals surface area contributed by atoms with Gasteiger partial charge in [0, 0.05) is 19.2 Å². The van der Waals surface area contributed by atoms with Crippen LogP contribution in [-0.2, 0) is 9.53 Å². The summed E-state index contributed by atoms with van der Waals surface area (Å²) in [5, 5.41) is 3.65. The average Bonchev–Trinajstić information content (AvgIpc) is 2.15. The zero-order valence-electron chi connectivity index (χ0n) is 5.18. The van der Waals surface area contributed by atoms with Crippen LogP contribution in [0.3, 0.4) is 0 Å². The van der Waals surface area contributed by atoms with Crippen molar-refractivity contribution in [2.75, 3.05) is 12.3 Å². The normalized spacial score (nSPS) is 18.1. The molecule has 1 aliphatic heterocycles. The smallest absolute Gasteiger partial charge is 0.309 e. The number of ether oxygens (including phenoxy) is 1. The Morgan fingerprint density at radius 2 is 2.67 bits per heavy atom. The van der Waals surface area contributed by atoms with Gasteiger partial charge in [0.25, 0.3) is 0 Å². The highest BCUT2D eigenvalue weighted by atomic mass is 32.1. The van der Waals surface area contributed by atoms with Crippen LogP contribution in [0.5, 0.6) is 0 Å². The SMILES string of the molecule is CC(=O)OC1=[SH]CCN1. The molecule has 3 nitrogen and oxygen atoms in total. The first kappa shape index (κ1) is 6.77. The van der Waals surface area contributed by atoms with Gasteiger partial charge in [-0.3, -0.25) is 10.1 Å². The lowest BCUT2D eigenvalue weighted by atomic mass is 10.7. The van der Waals surface area contributed by atoms with Crippen LogP contribution in [-0.4, -0.2) is 23.4 Å². The highest BCUT2D eigenvalue weighted by molar-refractivity contribution is 7.98. The first-order valence-corrected chi connectivity index (χ1v) is 3.84. The van der Waals surface area contributed by atoms with Crippen molar-refractivity contribution >= 4 is 22.5 Å². The van der Waals surface area contributed by atoms with Crippen molar-refractivity contribution in [3.63, 3.8) is 0 Å². The summed E-state index contributed by atoms with van der Waals surface area (Å²) in [6.07, 6.45) is 0. The minimum Gasteiger partial charge on any atom is -0.410 e. The Morgan fingerprint density at radius 1 is 1.89 bits per heavy atom. The molecule has 9 heavy (non-hydrogen) atoms. The van der Waals surface area contributed by atoms with Crippen LogP contribution in [0.15, 0.2) is 0 Å². The molecule has 0 radical (unpaired) electrons. The fraction of sp³-hybridized carbons (Fsp3) is 0.600. The molecule has 1 heterocycles. The molecule has 0 aromatic rings. The molecule has 0 aromatic carbocycles. The lowest BCUT2D eigenvalue weighted by molar-refractivity contribution is -0.133. The number of rotatable bonds is 0. The van der Waals surface area contributed by atoms with E-state index in [2.05, 4.69) is 5.32 Å². The van der Waals surface area contributed by atoms with E-state index in [1.165, 1.54) is 6.92 Å². The summed E-state index contributed by atoms with van der Waals surface area (Å²) in [6.45, 7) is 2.33. The van der Waals surface area contributed by atoms with E-state index < -0.39 is 0 Å². The van der Waals surface area contributed by atoms with E-state index in [9.17, 15) is 4.79 Å². The fourth-order valence-electron chi connectivity index (χ4n) is 0.581. The Labute approximate surface area is 57.3 Å². The zero-order chi connectivity index (χ0) is 6.69. The summed E-state index contributed by atoms with van der Waals surface area (Å²) in [5.41, 5.74) is 0. The van der Waals surface area contributed by atoms with Crippen molar-refractivity contribution in [2.24, 2.45) is 0 Å². The van der Waals surface area contributed by atoms with Gasteiger partial charge < -0.3 is 4.74 Å². The molecule has 0 amide bonds. The Balaban J connectivity index is 2.35. The Bertz CT molecular complexity index is 155. The van der Waals surface area contributed by atoms with Gasteiger partial charge in [0.05, 0.1) is 0 Å². The summed E-state index contributed by atoms with van der Waals surface area (Å²) in [7, 11) is 0. The van der Waals surface area contributed by atoms with Gasteiger partial charge in [0.2, 0.25) is 0 Å². The van der Waals surface area contributed by atoms with Gasteiger partial charge in [-0.15, -0.1) is 11.4 Å². The first-order chi connectivity index (χ1) is 4.29. The number of carbonyl (C=O) groups excluding carboxylic acids is 1. The van der Waals surface area contributed by atoms with E-state index in [-0.39, 0.29) is 5.97 Å². The van der Waals surface area contributed by atoms with Crippen molar-refractivity contribution in [1.82, 2.24) is 5.32 Å². The number of hydrogen-bond donors (Lipinski definition) is 2. The Kier molecular flexibility index (Phi) is 2.24. The molecular formula is C5H9NO2S. The van der Waals surface area contributed by atoms with Crippen LogP contribution in [0.1, 0.15) is 6.92 Å². The molecule has 0 saturated carbocycles. The largest absolute Gasteiger partial charge is 0.410 e. The third-order valence-electron chi connectivity index (χ3n) is 0.884. The van der Waals surface area contributed by atoms with E-state index in [1.807, 2.05) is 0 Å². The van der Waals surface area contributed by atoms with Gasteiger partial charge in [-0.05, 0) is 0 Å². The van der Waals surface area contributed by atoms with Gasteiger partial charge in [-0.25, -0.2) is 0 Å². The fourth-order valence-corrected chi connectivity index (χ4v) is 1.42. The third-order valence-corrected chi connectivity index (χ3v) is 1.87. The zero-order valence-corrected chi connectivity index (χ0v) is 6.07. The van der Waals surface area contributed by atoms with Crippen LogP contribution in [0, 0.1) is 0 Å². The average molecular weight is 147 g/mol. The van der Waals surface area contributed by atoms with Crippen molar-refractivity contribution in [3.8, 4) is 0 Å². The molecule has 52 valence electrons. The number of carbonyl (C=O) groups is 1. The third kappa shape index (κ3) is 2.15. The van der Waals surface area contributed by atoms with Crippen LogP contribution >= 0.6 is 11.4 Å². The van der Waals surface area contributed by atoms with Gasteiger partial charge >= 0.3 is 5.97 Å². The Morgan fingerprint density at radius 3 is 3.11 bits per heavy atom. The lowest BCUT2D eigenvalue weighted by Crippen LogP contribution is -2.22. The van der Waals surface area contributed by atoms with Crippen molar-refractivity contribution < 1.29 is 9.53 Å². The van der Waals surface area contributed by atoms with Crippen LogP contribution in [0.2, 0.25) is 0 Å². The molecule has 1 aliphatic rings. The van der Waals surface area contributed by atoms with E-state index in [4.69, 9.17) is 4.74 Å². The van der Waals surface area contributed by atoms with Crippen molar-refractivity contribution in [2.45, 2.75) is 6.92 Å². The maximum Gasteiger partial charge on any atom is 0.309 e. The van der Waals surface area contributed by atoms with Gasteiger partial charge in [-0.2, -0.15) is 0 Å². The van der Waals surface area contributed by atoms with E-state index >= 15 is 0 Å². The molecule has 0 spiro atoms. The van der Waals surface area contributed by atoms with Gasteiger partial charge in [0.15, 0.2) is 5.17 Å². The number of thiol groups is 1. The molecule has 4 heteroatoms. The minimum absolute atomic E-state index is 0.244. The summed E-state index contributed by atoms with van der Waals surface area (Å²) in [6, 6.07) is 0. The minimum atomic E-state index is -0.244.